The molecule has 1 aromatic carbocycles. The standard InChI is InChI=1S/C17H25BN2O7S/c1-9-6-20(7-11(9)19)14(21)8-28-13(18(25)26)5-10-3-4-12(27-2)15(16(10)22)17(23)24/h3-4,9,11,13,22,25-26H,5-8,19H2,1-2H3,(H,23,24)/t9?,11?,13-/m0/s1. The Morgan fingerprint density at radius 1 is 1.39 bits per heavy atom. The van der Waals surface area contributed by atoms with E-state index >= 15 is 0 Å². The summed E-state index contributed by atoms with van der Waals surface area (Å²) in [6, 6.07) is 2.78. The second-order valence-electron chi connectivity index (χ2n) is 6.86. The molecule has 11 heteroatoms. The van der Waals surface area contributed by atoms with Crippen molar-refractivity contribution in [3.63, 3.8) is 0 Å². The topological polar surface area (TPSA) is 154 Å². The van der Waals surface area contributed by atoms with Crippen molar-refractivity contribution >= 4 is 30.8 Å². The highest BCUT2D eigenvalue weighted by Crippen LogP contribution is 2.33. The van der Waals surface area contributed by atoms with Crippen LogP contribution in [0.2, 0.25) is 0 Å². The van der Waals surface area contributed by atoms with Gasteiger partial charge in [0, 0.05) is 24.3 Å². The predicted molar refractivity (Wildman–Crippen MR) is 105 cm³/mol. The van der Waals surface area contributed by atoms with Gasteiger partial charge in [0.25, 0.3) is 0 Å². The summed E-state index contributed by atoms with van der Waals surface area (Å²) in [5.41, 5.74) is 5.74. The number of likely N-dealkylation sites (tertiary alicyclic amines) is 1. The quantitative estimate of drug-likeness (QED) is 0.358. The van der Waals surface area contributed by atoms with Crippen molar-refractivity contribution in [3.05, 3.63) is 23.3 Å². The first-order chi connectivity index (χ1) is 13.1. The number of carboxylic acid groups (broad SMARTS) is 1. The molecule has 2 rings (SSSR count). The Morgan fingerprint density at radius 3 is 2.57 bits per heavy atom. The van der Waals surface area contributed by atoms with Gasteiger partial charge in [0.15, 0.2) is 0 Å². The number of nitrogens with zero attached hydrogens (tertiary/aromatic N) is 1. The molecule has 1 saturated heterocycles. The van der Waals surface area contributed by atoms with Crippen molar-refractivity contribution < 1.29 is 34.6 Å². The normalized spacial score (nSPS) is 20.1. The van der Waals surface area contributed by atoms with E-state index in [1.807, 2.05) is 6.92 Å². The third-order valence-electron chi connectivity index (χ3n) is 4.85. The third-order valence-corrected chi connectivity index (χ3v) is 6.11. The number of aromatic carboxylic acids is 1. The van der Waals surface area contributed by atoms with E-state index in [0.717, 1.165) is 11.8 Å². The lowest BCUT2D eigenvalue weighted by Crippen LogP contribution is -2.36. The van der Waals surface area contributed by atoms with E-state index in [2.05, 4.69) is 0 Å². The van der Waals surface area contributed by atoms with Crippen molar-refractivity contribution in [2.45, 2.75) is 24.5 Å². The van der Waals surface area contributed by atoms with Gasteiger partial charge in [-0.05, 0) is 24.0 Å². The minimum atomic E-state index is -1.76. The van der Waals surface area contributed by atoms with Crippen molar-refractivity contribution in [2.24, 2.45) is 11.7 Å². The fourth-order valence-corrected chi connectivity index (χ4v) is 4.10. The maximum atomic E-state index is 12.4. The number of aromatic hydroxyl groups is 1. The highest BCUT2D eigenvalue weighted by Gasteiger charge is 2.32. The summed E-state index contributed by atoms with van der Waals surface area (Å²) in [5, 5.41) is 38.1. The van der Waals surface area contributed by atoms with Gasteiger partial charge in [0.2, 0.25) is 5.91 Å². The largest absolute Gasteiger partial charge is 0.507 e. The van der Waals surface area contributed by atoms with E-state index in [1.165, 1.54) is 19.2 Å². The van der Waals surface area contributed by atoms with Gasteiger partial charge in [-0.3, -0.25) is 4.79 Å². The lowest BCUT2D eigenvalue weighted by atomic mass is 9.81. The average molecular weight is 412 g/mol. The van der Waals surface area contributed by atoms with Crippen molar-refractivity contribution in [2.75, 3.05) is 26.0 Å². The summed E-state index contributed by atoms with van der Waals surface area (Å²) >= 11 is 1.03. The van der Waals surface area contributed by atoms with Crippen LogP contribution in [-0.2, 0) is 11.2 Å². The number of rotatable bonds is 8. The second kappa shape index (κ2) is 9.50. The Bertz CT molecular complexity index is 724. The molecule has 1 aliphatic rings. The number of carbonyl (C=O) groups excluding carboxylic acids is 1. The monoisotopic (exact) mass is 412 g/mol. The minimum Gasteiger partial charge on any atom is -0.507 e. The molecule has 1 aliphatic heterocycles. The molecule has 0 radical (unpaired) electrons. The van der Waals surface area contributed by atoms with Crippen molar-refractivity contribution in [1.29, 1.82) is 0 Å². The lowest BCUT2D eigenvalue weighted by Gasteiger charge is -2.20. The predicted octanol–water partition coefficient (Wildman–Crippen LogP) is -0.439. The number of ether oxygens (including phenoxy) is 1. The van der Waals surface area contributed by atoms with E-state index in [0.29, 0.717) is 13.1 Å². The number of benzene rings is 1. The molecule has 3 atom stereocenters. The zero-order chi connectivity index (χ0) is 21.0. The molecule has 0 bridgehead atoms. The third kappa shape index (κ3) is 5.10. The van der Waals surface area contributed by atoms with Crippen LogP contribution in [0.5, 0.6) is 11.5 Å². The van der Waals surface area contributed by atoms with Gasteiger partial charge in [-0.25, -0.2) is 4.79 Å². The molecule has 9 nitrogen and oxygen atoms in total. The number of carbonyl (C=O) groups is 2. The summed E-state index contributed by atoms with van der Waals surface area (Å²) in [7, 11) is -0.472. The Kier molecular flexibility index (Phi) is 7.59. The zero-order valence-electron chi connectivity index (χ0n) is 15.7. The Morgan fingerprint density at radius 2 is 2.07 bits per heavy atom. The highest BCUT2D eigenvalue weighted by molar-refractivity contribution is 8.01. The first-order valence-electron chi connectivity index (χ1n) is 8.78. The molecule has 154 valence electrons. The van der Waals surface area contributed by atoms with Gasteiger partial charge in [-0.15, -0.1) is 0 Å². The maximum absolute atomic E-state index is 12.4. The summed E-state index contributed by atoms with van der Waals surface area (Å²) in [6.45, 7) is 3.00. The van der Waals surface area contributed by atoms with Crippen LogP contribution in [0.4, 0.5) is 0 Å². The summed E-state index contributed by atoms with van der Waals surface area (Å²) < 4.78 is 4.94. The highest BCUT2D eigenvalue weighted by atomic mass is 32.2. The van der Waals surface area contributed by atoms with Crippen LogP contribution in [0.3, 0.4) is 0 Å². The van der Waals surface area contributed by atoms with Crippen LogP contribution >= 0.6 is 11.8 Å². The molecular weight excluding hydrogens is 387 g/mol. The molecule has 0 aliphatic carbocycles. The van der Waals surface area contributed by atoms with Crippen molar-refractivity contribution in [1.82, 2.24) is 4.90 Å². The van der Waals surface area contributed by atoms with E-state index < -0.39 is 29.5 Å². The summed E-state index contributed by atoms with van der Waals surface area (Å²) in [5.74, 6) is -1.79. The average Bonchev–Trinajstić information content (AvgIpc) is 2.97. The fraction of sp³-hybridized carbons (Fsp3) is 0.529. The zero-order valence-corrected chi connectivity index (χ0v) is 16.6. The first-order valence-corrected chi connectivity index (χ1v) is 9.83. The SMILES string of the molecule is COc1ccc(C[C@H](SCC(=O)N2CC(C)C(N)C2)B(O)O)c(O)c1C(=O)O. The van der Waals surface area contributed by atoms with Gasteiger partial charge >= 0.3 is 13.1 Å². The van der Waals surface area contributed by atoms with Crippen LogP contribution in [-0.4, -0.2) is 81.3 Å². The molecule has 1 aromatic rings. The van der Waals surface area contributed by atoms with Gasteiger partial charge < -0.3 is 35.6 Å². The Hall–Kier alpha value is -1.95. The lowest BCUT2D eigenvalue weighted by molar-refractivity contribution is -0.127. The van der Waals surface area contributed by atoms with Gasteiger partial charge in [-0.1, -0.05) is 13.0 Å². The van der Waals surface area contributed by atoms with E-state index in [9.17, 15) is 29.9 Å². The number of nitrogens with two attached hydrogens (primary N) is 1. The Balaban J connectivity index is 2.08. The van der Waals surface area contributed by atoms with E-state index in [4.69, 9.17) is 10.5 Å². The van der Waals surface area contributed by atoms with E-state index in [-0.39, 0.29) is 41.4 Å². The van der Waals surface area contributed by atoms with E-state index in [1.54, 1.807) is 4.90 Å². The second-order valence-corrected chi connectivity index (χ2v) is 8.09. The number of methoxy groups -OCH3 is 1. The number of carboxylic acids is 1. The molecule has 6 N–H and O–H groups in total. The molecule has 1 heterocycles. The molecule has 1 fully saturated rings. The van der Waals surface area contributed by atoms with Gasteiger partial charge in [-0.2, -0.15) is 11.8 Å². The maximum Gasteiger partial charge on any atom is 0.465 e. The van der Waals surface area contributed by atoms with Crippen LogP contribution < -0.4 is 10.5 Å². The van der Waals surface area contributed by atoms with Gasteiger partial charge in [0.1, 0.15) is 17.1 Å². The molecule has 0 saturated carbocycles. The van der Waals surface area contributed by atoms with Crippen LogP contribution in [0.25, 0.3) is 0 Å². The summed E-state index contributed by atoms with van der Waals surface area (Å²) in [4.78, 5) is 25.4. The number of hydrogen-bond donors (Lipinski definition) is 5. The van der Waals surface area contributed by atoms with Crippen LogP contribution in [0, 0.1) is 5.92 Å². The fourth-order valence-electron chi connectivity index (χ4n) is 3.09. The molecule has 0 aromatic heterocycles. The molecule has 28 heavy (non-hydrogen) atoms. The Labute approximate surface area is 167 Å². The van der Waals surface area contributed by atoms with Crippen LogP contribution in [0.15, 0.2) is 12.1 Å². The molecule has 1 amide bonds. The molecule has 0 spiro atoms. The number of hydrogen-bond acceptors (Lipinski definition) is 8. The number of amides is 1. The summed E-state index contributed by atoms with van der Waals surface area (Å²) in [6.07, 6.45) is -0.0400. The number of phenols is 1. The first kappa shape index (κ1) is 22.3. The smallest absolute Gasteiger partial charge is 0.465 e. The van der Waals surface area contributed by atoms with Crippen molar-refractivity contribution in [3.8, 4) is 11.5 Å². The molecule has 2 unspecified atom stereocenters. The van der Waals surface area contributed by atoms with Gasteiger partial charge in [0.05, 0.1) is 12.9 Å². The van der Waals surface area contributed by atoms with Crippen LogP contribution in [0.1, 0.15) is 22.8 Å². The molecular formula is C17H25BN2O7S. The number of thioether (sulfide) groups is 1. The minimum absolute atomic E-state index is 0.00262.